The molecular formula is C26H33F3N4O6S. The van der Waals surface area contributed by atoms with Gasteiger partial charge in [-0.2, -0.15) is 13.2 Å². The lowest BCUT2D eigenvalue weighted by Crippen LogP contribution is -2.43. The van der Waals surface area contributed by atoms with Gasteiger partial charge < -0.3 is 25.4 Å². The van der Waals surface area contributed by atoms with E-state index in [4.69, 9.17) is 14.6 Å². The topological polar surface area (TPSA) is 137 Å². The molecule has 0 aliphatic carbocycles. The molecule has 2 aliphatic heterocycles. The third kappa shape index (κ3) is 8.83. The molecule has 2 aromatic carbocycles. The van der Waals surface area contributed by atoms with Crippen LogP contribution in [0.25, 0.3) is 0 Å². The quantitative estimate of drug-likeness (QED) is 0.371. The number of carboxylic acid groups (broad SMARTS) is 1. The van der Waals surface area contributed by atoms with Gasteiger partial charge in [-0.1, -0.05) is 19.1 Å². The molecule has 0 radical (unpaired) electrons. The van der Waals surface area contributed by atoms with Crippen LogP contribution in [0.2, 0.25) is 0 Å². The van der Waals surface area contributed by atoms with Crippen LogP contribution in [0, 0.1) is 0 Å². The maximum absolute atomic E-state index is 13.2. The smallest absolute Gasteiger partial charge is 0.475 e. The van der Waals surface area contributed by atoms with Crippen molar-refractivity contribution in [3.8, 4) is 0 Å². The molecule has 2 aliphatic rings. The Morgan fingerprint density at radius 3 is 2.33 bits per heavy atom. The second-order valence-corrected chi connectivity index (χ2v) is 10.9. The van der Waals surface area contributed by atoms with Crippen LogP contribution in [0.5, 0.6) is 0 Å². The van der Waals surface area contributed by atoms with Crippen molar-refractivity contribution in [1.82, 2.24) is 10.6 Å². The Balaban J connectivity index is 0.000000559. The van der Waals surface area contributed by atoms with Crippen molar-refractivity contribution in [2.45, 2.75) is 43.4 Å². The summed E-state index contributed by atoms with van der Waals surface area (Å²) in [5.41, 5.74) is 2.65. The molecule has 1 unspecified atom stereocenters. The Bertz CT molecular complexity index is 1260. The van der Waals surface area contributed by atoms with E-state index in [2.05, 4.69) is 20.3 Å². The average molecular weight is 587 g/mol. The minimum atomic E-state index is -5.08. The predicted octanol–water partition coefficient (Wildman–Crippen LogP) is 3.00. The first-order chi connectivity index (χ1) is 18.9. The number of sulfonamides is 1. The lowest BCUT2D eigenvalue weighted by atomic mass is 10.1. The standard InChI is InChI=1S/C24H32N4O4S.C2HF3O2/c1-2-18-5-8-21(9-6-18)33(30,31)27-22-16-19(24(29)26-17-20-4-3-15-32-20)7-10-23(22)28-13-11-25-12-14-28;3-2(4,5)1(6)7/h5-10,16,20,25,27H,2-4,11-15,17H2,1H3,(H,26,29);(H,6,7). The number of aryl methyl sites for hydroxylation is 1. The van der Waals surface area contributed by atoms with E-state index in [-0.39, 0.29) is 16.9 Å². The van der Waals surface area contributed by atoms with Crippen molar-refractivity contribution in [3.05, 3.63) is 53.6 Å². The fourth-order valence-electron chi connectivity index (χ4n) is 4.16. The van der Waals surface area contributed by atoms with Crippen LogP contribution in [-0.2, 0) is 26.0 Å². The molecule has 1 atom stereocenters. The Morgan fingerprint density at radius 2 is 1.77 bits per heavy atom. The normalized spacial score (nSPS) is 17.5. The number of carbonyl (C=O) groups is 2. The van der Waals surface area contributed by atoms with Crippen molar-refractivity contribution in [2.24, 2.45) is 0 Å². The number of alkyl halides is 3. The van der Waals surface area contributed by atoms with Crippen LogP contribution in [-0.4, -0.2) is 77.0 Å². The van der Waals surface area contributed by atoms with Gasteiger partial charge in [0, 0.05) is 44.9 Å². The van der Waals surface area contributed by atoms with E-state index in [0.29, 0.717) is 17.8 Å². The van der Waals surface area contributed by atoms with Gasteiger partial charge in [0.15, 0.2) is 0 Å². The molecular weight excluding hydrogens is 553 g/mol. The largest absolute Gasteiger partial charge is 0.490 e. The van der Waals surface area contributed by atoms with E-state index in [1.807, 2.05) is 25.1 Å². The molecule has 1 amide bonds. The molecule has 0 spiro atoms. The van der Waals surface area contributed by atoms with E-state index in [9.17, 15) is 26.4 Å². The summed E-state index contributed by atoms with van der Waals surface area (Å²) < 4.78 is 66.4. The highest BCUT2D eigenvalue weighted by atomic mass is 32.2. The van der Waals surface area contributed by atoms with Gasteiger partial charge in [0.1, 0.15) is 0 Å². The predicted molar refractivity (Wildman–Crippen MR) is 143 cm³/mol. The minimum Gasteiger partial charge on any atom is -0.475 e. The van der Waals surface area contributed by atoms with Crippen LogP contribution in [0.3, 0.4) is 0 Å². The van der Waals surface area contributed by atoms with Crippen molar-refractivity contribution in [3.63, 3.8) is 0 Å². The maximum atomic E-state index is 13.2. The van der Waals surface area contributed by atoms with E-state index in [0.717, 1.165) is 63.3 Å². The number of aliphatic carboxylic acids is 1. The van der Waals surface area contributed by atoms with Crippen LogP contribution in [0.4, 0.5) is 24.5 Å². The van der Waals surface area contributed by atoms with Gasteiger partial charge >= 0.3 is 12.1 Å². The Hall–Kier alpha value is -3.36. The molecule has 4 rings (SSSR count). The first kappa shape index (κ1) is 31.2. The number of benzene rings is 2. The third-order valence-corrected chi connectivity index (χ3v) is 7.74. The molecule has 2 saturated heterocycles. The van der Waals surface area contributed by atoms with Gasteiger partial charge in [-0.05, 0) is 55.2 Å². The number of hydrogen-bond donors (Lipinski definition) is 4. The molecule has 2 fully saturated rings. The molecule has 2 heterocycles. The van der Waals surface area contributed by atoms with Crippen molar-refractivity contribution in [2.75, 3.05) is 49.0 Å². The number of hydrogen-bond acceptors (Lipinski definition) is 7. The number of piperazine rings is 1. The third-order valence-electron chi connectivity index (χ3n) is 6.36. The van der Waals surface area contributed by atoms with Gasteiger partial charge in [-0.15, -0.1) is 0 Å². The summed E-state index contributed by atoms with van der Waals surface area (Å²) in [6, 6.07) is 12.1. The van der Waals surface area contributed by atoms with Gasteiger partial charge in [0.05, 0.1) is 22.4 Å². The van der Waals surface area contributed by atoms with Crippen LogP contribution in [0.1, 0.15) is 35.7 Å². The molecule has 0 aromatic heterocycles. The Morgan fingerprint density at radius 1 is 1.12 bits per heavy atom. The van der Waals surface area contributed by atoms with Gasteiger partial charge in [0.25, 0.3) is 15.9 Å². The highest BCUT2D eigenvalue weighted by Gasteiger charge is 2.38. The summed E-state index contributed by atoms with van der Waals surface area (Å²) in [5.74, 6) is -3.00. The zero-order valence-electron chi connectivity index (χ0n) is 22.0. The molecule has 220 valence electrons. The summed E-state index contributed by atoms with van der Waals surface area (Å²) >= 11 is 0. The Kier molecular flexibility index (Phi) is 10.8. The second-order valence-electron chi connectivity index (χ2n) is 9.22. The molecule has 14 heteroatoms. The van der Waals surface area contributed by atoms with E-state index < -0.39 is 22.2 Å². The van der Waals surface area contributed by atoms with E-state index in [1.165, 1.54) is 0 Å². The summed E-state index contributed by atoms with van der Waals surface area (Å²) in [5, 5.41) is 13.3. The van der Waals surface area contributed by atoms with E-state index in [1.54, 1.807) is 24.3 Å². The van der Waals surface area contributed by atoms with Crippen LogP contribution in [0.15, 0.2) is 47.4 Å². The maximum Gasteiger partial charge on any atom is 0.490 e. The van der Waals surface area contributed by atoms with Gasteiger partial charge in [0.2, 0.25) is 0 Å². The first-order valence-electron chi connectivity index (χ1n) is 12.8. The number of anilines is 2. The average Bonchev–Trinajstić information content (AvgIpc) is 3.46. The molecule has 0 saturated carbocycles. The first-order valence-corrected chi connectivity index (χ1v) is 14.3. The summed E-state index contributed by atoms with van der Waals surface area (Å²) in [6.07, 6.45) is -2.27. The molecule has 4 N–H and O–H groups in total. The van der Waals surface area contributed by atoms with Crippen molar-refractivity contribution in [1.29, 1.82) is 0 Å². The van der Waals surface area contributed by atoms with Gasteiger partial charge in [-0.3, -0.25) is 9.52 Å². The van der Waals surface area contributed by atoms with E-state index >= 15 is 0 Å². The number of rotatable bonds is 8. The number of ether oxygens (including phenoxy) is 1. The molecule has 40 heavy (non-hydrogen) atoms. The Labute approximate surface area is 230 Å². The highest BCUT2D eigenvalue weighted by Crippen LogP contribution is 2.30. The van der Waals surface area contributed by atoms with Crippen molar-refractivity contribution < 1.29 is 41.0 Å². The number of nitrogens with one attached hydrogen (secondary N) is 3. The van der Waals surface area contributed by atoms with Crippen LogP contribution >= 0.6 is 0 Å². The van der Waals surface area contributed by atoms with Crippen molar-refractivity contribution >= 4 is 33.3 Å². The lowest BCUT2D eigenvalue weighted by molar-refractivity contribution is -0.192. The molecule has 0 bridgehead atoms. The summed E-state index contributed by atoms with van der Waals surface area (Å²) in [7, 11) is -3.81. The molecule has 10 nitrogen and oxygen atoms in total. The fraction of sp³-hybridized carbons (Fsp3) is 0.462. The number of amides is 1. The number of halogens is 3. The SMILES string of the molecule is CCc1ccc(S(=O)(=O)Nc2cc(C(=O)NCC3CCCO3)ccc2N2CCNCC2)cc1.O=C(O)C(F)(F)F. The second kappa shape index (κ2) is 13.8. The fourth-order valence-corrected chi connectivity index (χ4v) is 5.23. The molecule has 2 aromatic rings. The summed E-state index contributed by atoms with van der Waals surface area (Å²) in [4.78, 5) is 24.0. The zero-order valence-corrected chi connectivity index (χ0v) is 22.8. The zero-order chi connectivity index (χ0) is 29.3. The minimum absolute atomic E-state index is 0.0399. The number of nitrogens with zero attached hydrogens (tertiary/aromatic N) is 1. The summed E-state index contributed by atoms with van der Waals surface area (Å²) in [6.45, 7) is 6.34. The number of carbonyl (C=O) groups excluding carboxylic acids is 1. The monoisotopic (exact) mass is 586 g/mol. The van der Waals surface area contributed by atoms with Gasteiger partial charge in [-0.25, -0.2) is 13.2 Å². The lowest BCUT2D eigenvalue weighted by Gasteiger charge is -2.31. The number of carboxylic acids is 1. The highest BCUT2D eigenvalue weighted by molar-refractivity contribution is 7.92. The van der Waals surface area contributed by atoms with Crippen LogP contribution < -0.4 is 20.3 Å².